The lowest BCUT2D eigenvalue weighted by atomic mass is 9.90. The molecule has 2 aromatic carbocycles. The third-order valence-electron chi connectivity index (χ3n) is 5.25. The molecular formula is C21H25N3O3S. The molecule has 2 aliphatic heterocycles. The number of amides is 1. The van der Waals surface area contributed by atoms with Crippen LogP contribution in [-0.2, 0) is 11.4 Å². The van der Waals surface area contributed by atoms with Crippen LogP contribution in [0.3, 0.4) is 0 Å². The van der Waals surface area contributed by atoms with Crippen LogP contribution in [-0.4, -0.2) is 31.0 Å². The van der Waals surface area contributed by atoms with Gasteiger partial charge in [-0.3, -0.25) is 10.2 Å². The van der Waals surface area contributed by atoms with E-state index in [1.54, 1.807) is 18.9 Å². The minimum atomic E-state index is -0.115. The lowest BCUT2D eigenvalue weighted by molar-refractivity contribution is -0.119. The molecule has 0 saturated carbocycles. The zero-order valence-electron chi connectivity index (χ0n) is 16.0. The third kappa shape index (κ3) is 3.83. The van der Waals surface area contributed by atoms with Gasteiger partial charge in [0.25, 0.3) is 0 Å². The van der Waals surface area contributed by atoms with E-state index in [1.807, 2.05) is 42.5 Å². The molecule has 0 radical (unpaired) electrons. The topological polar surface area (TPSA) is 71.6 Å². The lowest BCUT2D eigenvalue weighted by Crippen LogP contribution is -2.46. The van der Waals surface area contributed by atoms with E-state index in [2.05, 4.69) is 29.2 Å². The highest BCUT2D eigenvalue weighted by molar-refractivity contribution is 8.00. The number of para-hydroxylation sites is 1. The molecule has 2 aromatic rings. The third-order valence-corrected chi connectivity index (χ3v) is 6.61. The highest BCUT2D eigenvalue weighted by Gasteiger charge is 2.43. The van der Waals surface area contributed by atoms with E-state index < -0.39 is 0 Å². The van der Waals surface area contributed by atoms with Crippen LogP contribution >= 0.6 is 11.8 Å². The molecule has 0 spiro atoms. The summed E-state index contributed by atoms with van der Waals surface area (Å²) < 4.78 is 11.9. The van der Waals surface area contributed by atoms with Crippen molar-refractivity contribution in [2.24, 2.45) is 5.92 Å². The fourth-order valence-electron chi connectivity index (χ4n) is 3.86. The first-order valence-corrected chi connectivity index (χ1v) is 10.5. The summed E-state index contributed by atoms with van der Waals surface area (Å²) in [5.41, 5.74) is 8.64. The van der Waals surface area contributed by atoms with Gasteiger partial charge in [0, 0.05) is 22.8 Å². The Bertz CT molecular complexity index is 833. The predicted octanol–water partition coefficient (Wildman–Crippen LogP) is 2.62. The average Bonchev–Trinajstić information content (AvgIpc) is 2.98. The Morgan fingerprint density at radius 3 is 2.71 bits per heavy atom. The summed E-state index contributed by atoms with van der Waals surface area (Å²) in [5, 5.41) is 3.16. The van der Waals surface area contributed by atoms with Crippen LogP contribution in [0.5, 0.6) is 11.5 Å². The van der Waals surface area contributed by atoms with E-state index >= 15 is 0 Å². The van der Waals surface area contributed by atoms with Gasteiger partial charge in [0.2, 0.25) is 5.91 Å². The number of thioether (sulfide) groups is 1. The van der Waals surface area contributed by atoms with Gasteiger partial charge in [0.15, 0.2) is 11.5 Å². The molecule has 4 rings (SSSR count). The van der Waals surface area contributed by atoms with Crippen molar-refractivity contribution in [3.63, 3.8) is 0 Å². The van der Waals surface area contributed by atoms with Gasteiger partial charge in [-0.2, -0.15) is 0 Å². The number of hydrogen-bond acceptors (Lipinski definition) is 6. The molecule has 4 unspecified atom stereocenters. The number of nitrogens with one attached hydrogen (secondary N) is 3. The Kier molecular flexibility index (Phi) is 5.75. The van der Waals surface area contributed by atoms with E-state index in [0.717, 1.165) is 16.9 Å². The summed E-state index contributed by atoms with van der Waals surface area (Å²) in [6.45, 7) is 2.59. The predicted molar refractivity (Wildman–Crippen MR) is 110 cm³/mol. The summed E-state index contributed by atoms with van der Waals surface area (Å²) in [4.78, 5) is 12.2. The fourth-order valence-corrected chi connectivity index (χ4v) is 5.26. The van der Waals surface area contributed by atoms with E-state index in [0.29, 0.717) is 18.1 Å². The van der Waals surface area contributed by atoms with Gasteiger partial charge in [-0.15, -0.1) is 11.8 Å². The van der Waals surface area contributed by atoms with Crippen molar-refractivity contribution in [2.45, 2.75) is 31.0 Å². The zero-order chi connectivity index (χ0) is 19.5. The van der Waals surface area contributed by atoms with Gasteiger partial charge < -0.3 is 14.8 Å². The number of rotatable bonds is 5. The molecule has 2 saturated heterocycles. The molecule has 0 bridgehead atoms. The lowest BCUT2D eigenvalue weighted by Gasteiger charge is -2.29. The first-order valence-electron chi connectivity index (χ1n) is 9.43. The number of hydrogen-bond donors (Lipinski definition) is 3. The summed E-state index contributed by atoms with van der Waals surface area (Å²) in [6, 6.07) is 16.3. The highest BCUT2D eigenvalue weighted by Crippen LogP contribution is 2.47. The molecule has 4 atom stereocenters. The van der Waals surface area contributed by atoms with Crippen molar-refractivity contribution in [1.82, 2.24) is 16.2 Å². The maximum Gasteiger partial charge on any atom is 0.231 e. The first kappa shape index (κ1) is 19.1. The van der Waals surface area contributed by atoms with E-state index in [1.165, 1.54) is 0 Å². The minimum Gasteiger partial charge on any atom is -0.493 e. The molecule has 3 N–H and O–H groups in total. The normalized spacial score (nSPS) is 26.9. The van der Waals surface area contributed by atoms with Gasteiger partial charge in [0.1, 0.15) is 6.61 Å². The molecule has 7 heteroatoms. The average molecular weight is 400 g/mol. The van der Waals surface area contributed by atoms with Crippen LogP contribution in [0.1, 0.15) is 23.3 Å². The van der Waals surface area contributed by atoms with Crippen molar-refractivity contribution in [3.8, 4) is 11.5 Å². The van der Waals surface area contributed by atoms with E-state index in [9.17, 15) is 4.79 Å². The van der Waals surface area contributed by atoms with Gasteiger partial charge in [-0.1, -0.05) is 42.5 Å². The summed E-state index contributed by atoms with van der Waals surface area (Å²) in [6.07, 6.45) is -0.115. The van der Waals surface area contributed by atoms with Gasteiger partial charge >= 0.3 is 0 Å². The second-order valence-corrected chi connectivity index (χ2v) is 8.21. The van der Waals surface area contributed by atoms with Crippen LogP contribution in [0.2, 0.25) is 0 Å². The largest absolute Gasteiger partial charge is 0.493 e. The number of benzene rings is 2. The molecule has 6 nitrogen and oxygen atoms in total. The van der Waals surface area contributed by atoms with Gasteiger partial charge in [-0.05, 0) is 18.6 Å². The maximum atomic E-state index is 12.2. The molecule has 28 heavy (non-hydrogen) atoms. The summed E-state index contributed by atoms with van der Waals surface area (Å²) >= 11 is 1.65. The molecule has 148 valence electrons. The summed E-state index contributed by atoms with van der Waals surface area (Å²) in [7, 11) is 1.66. The zero-order valence-corrected chi connectivity index (χ0v) is 16.8. The fraction of sp³-hybridized carbons (Fsp3) is 0.381. The molecule has 1 amide bonds. The standard InChI is InChI=1S/C21H25N3O3S/c1-13-18-20(28-12-17(25)22-21(18)24-23-13)15-9-6-10-16(26-2)19(15)27-11-14-7-4-3-5-8-14/h3-10,13,18,20-21,23-24H,11-12H2,1-2H3,(H,22,25). The molecule has 2 aliphatic rings. The van der Waals surface area contributed by atoms with Crippen LogP contribution in [0.25, 0.3) is 0 Å². The van der Waals surface area contributed by atoms with Crippen molar-refractivity contribution in [1.29, 1.82) is 0 Å². The second kappa shape index (κ2) is 8.43. The quantitative estimate of drug-likeness (QED) is 0.718. The first-order chi connectivity index (χ1) is 13.7. The SMILES string of the molecule is COc1cccc(C2SCC(=O)NC3NNC(C)C32)c1OCc1ccccc1. The Morgan fingerprint density at radius 1 is 1.11 bits per heavy atom. The number of hydrazine groups is 1. The minimum absolute atomic E-state index is 0.0422. The van der Waals surface area contributed by atoms with Gasteiger partial charge in [0.05, 0.1) is 19.0 Å². The molecular weight excluding hydrogens is 374 g/mol. The van der Waals surface area contributed by atoms with Gasteiger partial charge in [-0.25, -0.2) is 5.43 Å². The number of methoxy groups -OCH3 is 1. The van der Waals surface area contributed by atoms with E-state index in [-0.39, 0.29) is 29.3 Å². The van der Waals surface area contributed by atoms with Crippen molar-refractivity contribution < 1.29 is 14.3 Å². The Morgan fingerprint density at radius 2 is 1.93 bits per heavy atom. The van der Waals surface area contributed by atoms with Crippen LogP contribution in [0.4, 0.5) is 0 Å². The van der Waals surface area contributed by atoms with E-state index in [4.69, 9.17) is 9.47 Å². The molecule has 0 aromatic heterocycles. The Labute approximate surface area is 169 Å². The van der Waals surface area contributed by atoms with Crippen molar-refractivity contribution >= 4 is 17.7 Å². The Hall–Kier alpha value is -2.22. The van der Waals surface area contributed by atoms with Crippen LogP contribution in [0, 0.1) is 5.92 Å². The number of carbonyl (C=O) groups is 1. The Balaban J connectivity index is 1.68. The van der Waals surface area contributed by atoms with Crippen LogP contribution in [0.15, 0.2) is 48.5 Å². The molecule has 2 fully saturated rings. The highest BCUT2D eigenvalue weighted by atomic mass is 32.2. The van der Waals surface area contributed by atoms with Crippen LogP contribution < -0.4 is 25.6 Å². The van der Waals surface area contributed by atoms with Crippen molar-refractivity contribution in [3.05, 3.63) is 59.7 Å². The molecule has 0 aliphatic carbocycles. The maximum absolute atomic E-state index is 12.2. The number of fused-ring (bicyclic) bond motifs is 1. The number of ether oxygens (including phenoxy) is 2. The van der Waals surface area contributed by atoms with Crippen molar-refractivity contribution in [2.75, 3.05) is 12.9 Å². The smallest absolute Gasteiger partial charge is 0.231 e. The summed E-state index contributed by atoms with van der Waals surface area (Å²) in [5.74, 6) is 2.10. The second-order valence-electron chi connectivity index (χ2n) is 7.08. The monoisotopic (exact) mass is 399 g/mol. The number of carbonyl (C=O) groups excluding carboxylic acids is 1. The molecule has 2 heterocycles.